The summed E-state index contributed by atoms with van der Waals surface area (Å²) in [4.78, 5) is 12.6. The van der Waals surface area contributed by atoms with Gasteiger partial charge in [-0.2, -0.15) is 0 Å². The van der Waals surface area contributed by atoms with Crippen molar-refractivity contribution in [3.05, 3.63) is 69.1 Å². The molecular formula is C18H14Cl2FN3O2. The molecule has 2 N–H and O–H groups in total. The minimum Gasteiger partial charge on any atom is -0.360 e. The van der Waals surface area contributed by atoms with Crippen LogP contribution in [-0.4, -0.2) is 11.1 Å². The first-order valence-electron chi connectivity index (χ1n) is 7.61. The summed E-state index contributed by atoms with van der Waals surface area (Å²) in [5.74, 6) is -0.909. The first-order valence-corrected chi connectivity index (χ1v) is 8.37. The first kappa shape index (κ1) is 18.2. The first-order chi connectivity index (χ1) is 12.4. The fraction of sp³-hybridized carbons (Fsp3) is 0.111. The van der Waals surface area contributed by atoms with Crippen LogP contribution >= 0.6 is 23.2 Å². The third kappa shape index (κ3) is 3.52. The number of nitrogens with one attached hydrogen (secondary N) is 2. The van der Waals surface area contributed by atoms with E-state index in [9.17, 15) is 9.18 Å². The number of amides is 1. The second-order valence-corrected chi connectivity index (χ2v) is 6.42. The normalized spacial score (nSPS) is 10.7. The topological polar surface area (TPSA) is 67.2 Å². The van der Waals surface area contributed by atoms with Crippen LogP contribution in [0.25, 0.3) is 11.3 Å². The van der Waals surface area contributed by atoms with Crippen molar-refractivity contribution >= 4 is 34.8 Å². The highest BCUT2D eigenvalue weighted by atomic mass is 35.5. The van der Waals surface area contributed by atoms with E-state index >= 15 is 0 Å². The van der Waals surface area contributed by atoms with E-state index in [1.807, 2.05) is 13.0 Å². The number of hydrazine groups is 1. The standard InChI is InChI=1S/C18H14Cl2FN3O2/c1-9-6-7-11(8-13(9)20)22-23-18(25)15-10(2)26-24-17(15)16-12(19)4-3-5-14(16)21/h3-8,22H,1-2H3,(H,23,25). The van der Waals surface area contributed by atoms with Crippen molar-refractivity contribution in [1.82, 2.24) is 10.6 Å². The lowest BCUT2D eigenvalue weighted by molar-refractivity contribution is 0.0961. The van der Waals surface area contributed by atoms with E-state index < -0.39 is 11.7 Å². The number of benzene rings is 2. The predicted molar refractivity (Wildman–Crippen MR) is 98.9 cm³/mol. The molecule has 0 fully saturated rings. The molecule has 0 atom stereocenters. The number of aryl methyl sites for hydroxylation is 2. The molecule has 26 heavy (non-hydrogen) atoms. The second-order valence-electron chi connectivity index (χ2n) is 5.60. The van der Waals surface area contributed by atoms with Crippen molar-refractivity contribution in [2.75, 3.05) is 5.43 Å². The van der Waals surface area contributed by atoms with Gasteiger partial charge in [0.05, 0.1) is 16.3 Å². The fourth-order valence-electron chi connectivity index (χ4n) is 2.40. The zero-order valence-corrected chi connectivity index (χ0v) is 15.4. The smallest absolute Gasteiger partial charge is 0.275 e. The van der Waals surface area contributed by atoms with Crippen LogP contribution in [0.3, 0.4) is 0 Å². The average molecular weight is 394 g/mol. The number of hydrogen-bond donors (Lipinski definition) is 2. The Morgan fingerprint density at radius 1 is 1.15 bits per heavy atom. The van der Waals surface area contributed by atoms with E-state index in [-0.39, 0.29) is 27.6 Å². The van der Waals surface area contributed by atoms with Crippen LogP contribution in [0, 0.1) is 19.7 Å². The summed E-state index contributed by atoms with van der Waals surface area (Å²) in [5.41, 5.74) is 6.91. The van der Waals surface area contributed by atoms with Crippen molar-refractivity contribution in [3.8, 4) is 11.3 Å². The van der Waals surface area contributed by atoms with E-state index in [0.717, 1.165) is 5.56 Å². The van der Waals surface area contributed by atoms with Crippen LogP contribution < -0.4 is 10.9 Å². The van der Waals surface area contributed by atoms with Crippen molar-refractivity contribution < 1.29 is 13.7 Å². The summed E-state index contributed by atoms with van der Waals surface area (Å²) >= 11 is 12.1. The van der Waals surface area contributed by atoms with Gasteiger partial charge in [0.25, 0.3) is 5.91 Å². The molecule has 0 saturated heterocycles. The van der Waals surface area contributed by atoms with E-state index in [1.54, 1.807) is 19.1 Å². The van der Waals surface area contributed by atoms with Crippen LogP contribution in [0.2, 0.25) is 10.0 Å². The maximum atomic E-state index is 14.2. The molecule has 2 aromatic carbocycles. The van der Waals surface area contributed by atoms with Gasteiger partial charge in [-0.3, -0.25) is 15.6 Å². The molecule has 0 aliphatic carbocycles. The van der Waals surface area contributed by atoms with E-state index in [2.05, 4.69) is 16.0 Å². The van der Waals surface area contributed by atoms with Crippen LogP contribution in [-0.2, 0) is 0 Å². The molecule has 1 aromatic heterocycles. The molecule has 1 heterocycles. The molecule has 0 saturated carbocycles. The van der Waals surface area contributed by atoms with Gasteiger partial charge in [0, 0.05) is 5.02 Å². The van der Waals surface area contributed by atoms with E-state index in [4.69, 9.17) is 27.7 Å². The molecule has 0 unspecified atom stereocenters. The summed E-state index contributed by atoms with van der Waals surface area (Å²) in [6.07, 6.45) is 0. The fourth-order valence-corrected chi connectivity index (χ4v) is 2.83. The highest BCUT2D eigenvalue weighted by Gasteiger charge is 2.25. The highest BCUT2D eigenvalue weighted by Crippen LogP contribution is 2.33. The molecule has 0 bridgehead atoms. The van der Waals surface area contributed by atoms with Gasteiger partial charge in [0.2, 0.25) is 0 Å². The third-order valence-corrected chi connectivity index (χ3v) is 4.50. The molecule has 3 rings (SSSR count). The molecule has 5 nitrogen and oxygen atoms in total. The summed E-state index contributed by atoms with van der Waals surface area (Å²) in [6.45, 7) is 3.43. The second kappa shape index (κ2) is 7.35. The Morgan fingerprint density at radius 3 is 2.62 bits per heavy atom. The van der Waals surface area contributed by atoms with Crippen LogP contribution in [0.15, 0.2) is 40.9 Å². The molecule has 1 amide bonds. The Morgan fingerprint density at radius 2 is 1.92 bits per heavy atom. The Labute approximate surface area is 159 Å². The number of carbonyl (C=O) groups excluding carboxylic acids is 1. The van der Waals surface area contributed by atoms with Crippen molar-refractivity contribution in [3.63, 3.8) is 0 Å². The molecular weight excluding hydrogens is 380 g/mol. The number of hydrogen-bond acceptors (Lipinski definition) is 4. The Balaban J connectivity index is 1.88. The lowest BCUT2D eigenvalue weighted by Gasteiger charge is -2.10. The zero-order chi connectivity index (χ0) is 18.8. The van der Waals surface area contributed by atoms with Crippen LogP contribution in [0.5, 0.6) is 0 Å². The number of nitrogens with zero attached hydrogens (tertiary/aromatic N) is 1. The average Bonchev–Trinajstić information content (AvgIpc) is 2.97. The largest absolute Gasteiger partial charge is 0.360 e. The van der Waals surface area contributed by atoms with Crippen molar-refractivity contribution in [2.24, 2.45) is 0 Å². The summed E-state index contributed by atoms with van der Waals surface area (Å²) < 4.78 is 19.3. The van der Waals surface area contributed by atoms with Gasteiger partial charge in [-0.1, -0.05) is 40.5 Å². The van der Waals surface area contributed by atoms with E-state index in [1.165, 1.54) is 18.2 Å². The Kier molecular flexibility index (Phi) is 5.15. The number of halogens is 3. The van der Waals surface area contributed by atoms with Crippen molar-refractivity contribution in [2.45, 2.75) is 13.8 Å². The van der Waals surface area contributed by atoms with Gasteiger partial charge in [-0.25, -0.2) is 4.39 Å². The number of aromatic nitrogens is 1. The molecule has 0 radical (unpaired) electrons. The lowest BCUT2D eigenvalue weighted by atomic mass is 10.1. The van der Waals surface area contributed by atoms with Gasteiger partial charge < -0.3 is 4.52 Å². The molecule has 8 heteroatoms. The Bertz CT molecular complexity index is 968. The molecule has 0 spiro atoms. The van der Waals surface area contributed by atoms with Crippen LogP contribution in [0.1, 0.15) is 21.7 Å². The quantitative estimate of drug-likeness (QED) is 0.600. The van der Waals surface area contributed by atoms with Gasteiger partial charge in [-0.05, 0) is 43.7 Å². The number of anilines is 1. The van der Waals surface area contributed by atoms with Crippen LogP contribution in [0.4, 0.5) is 10.1 Å². The summed E-state index contributed by atoms with van der Waals surface area (Å²) in [6, 6.07) is 9.46. The maximum Gasteiger partial charge on any atom is 0.275 e. The monoisotopic (exact) mass is 393 g/mol. The number of carbonyl (C=O) groups is 1. The minimum atomic E-state index is -0.599. The zero-order valence-electron chi connectivity index (χ0n) is 13.9. The summed E-state index contributed by atoms with van der Waals surface area (Å²) in [5, 5.41) is 4.49. The van der Waals surface area contributed by atoms with Gasteiger partial charge in [0.15, 0.2) is 0 Å². The Hall–Kier alpha value is -2.57. The predicted octanol–water partition coefficient (Wildman–Crippen LogP) is 5.16. The third-order valence-electron chi connectivity index (χ3n) is 3.78. The van der Waals surface area contributed by atoms with Gasteiger partial charge in [0.1, 0.15) is 22.8 Å². The minimum absolute atomic E-state index is 0.00884. The van der Waals surface area contributed by atoms with Gasteiger partial charge >= 0.3 is 0 Å². The lowest BCUT2D eigenvalue weighted by Crippen LogP contribution is -2.30. The summed E-state index contributed by atoms with van der Waals surface area (Å²) in [7, 11) is 0. The number of rotatable bonds is 4. The molecule has 134 valence electrons. The molecule has 3 aromatic rings. The van der Waals surface area contributed by atoms with Gasteiger partial charge in [-0.15, -0.1) is 0 Å². The molecule has 0 aliphatic heterocycles. The van der Waals surface area contributed by atoms with Crippen molar-refractivity contribution in [1.29, 1.82) is 0 Å². The SMILES string of the molecule is Cc1ccc(NNC(=O)c2c(-c3c(F)cccc3Cl)noc2C)cc1Cl. The molecule has 0 aliphatic rings. The van der Waals surface area contributed by atoms with E-state index in [0.29, 0.717) is 10.7 Å². The maximum absolute atomic E-state index is 14.2. The highest BCUT2D eigenvalue weighted by molar-refractivity contribution is 6.33.